The van der Waals surface area contributed by atoms with Crippen LogP contribution in [0.1, 0.15) is 12.1 Å². The highest BCUT2D eigenvalue weighted by Crippen LogP contribution is 2.18. The molecule has 0 atom stereocenters. The molecule has 0 aromatic carbocycles. The lowest BCUT2D eigenvalue weighted by Crippen LogP contribution is -2.35. The maximum atomic E-state index is 12.4. The first-order chi connectivity index (χ1) is 8.40. The Morgan fingerprint density at radius 2 is 2.06 bits per heavy atom. The fourth-order valence-corrected chi connectivity index (χ4v) is 1.60. The molecule has 1 aromatic heterocycles. The van der Waals surface area contributed by atoms with Crippen molar-refractivity contribution in [1.29, 1.82) is 0 Å². The summed E-state index contributed by atoms with van der Waals surface area (Å²) in [6.45, 7) is -0.906. The number of aromatic nitrogens is 1. The summed E-state index contributed by atoms with van der Waals surface area (Å²) in [6, 6.07) is 3.17. The highest BCUT2D eigenvalue weighted by atomic mass is 35.5. The van der Waals surface area contributed by atoms with Crippen LogP contribution in [0.4, 0.5) is 13.2 Å². The van der Waals surface area contributed by atoms with Crippen LogP contribution < -0.4 is 0 Å². The van der Waals surface area contributed by atoms with Gasteiger partial charge in [0.2, 0.25) is 0 Å². The van der Waals surface area contributed by atoms with Crippen molar-refractivity contribution in [2.24, 2.45) is 0 Å². The third-order valence-electron chi connectivity index (χ3n) is 2.21. The molecule has 0 saturated heterocycles. The molecule has 1 N–H and O–H groups in total. The Morgan fingerprint density at radius 3 is 2.56 bits per heavy atom. The maximum Gasteiger partial charge on any atom is 0.401 e. The van der Waals surface area contributed by atoms with Crippen molar-refractivity contribution >= 4 is 11.6 Å². The van der Waals surface area contributed by atoms with Gasteiger partial charge >= 0.3 is 6.18 Å². The molecular formula is C11H14ClF3N2O. The molecule has 0 aliphatic rings. The fourth-order valence-electron chi connectivity index (χ4n) is 1.49. The number of hydrogen-bond acceptors (Lipinski definition) is 3. The van der Waals surface area contributed by atoms with Crippen molar-refractivity contribution < 1.29 is 18.3 Å². The molecule has 0 fully saturated rings. The van der Waals surface area contributed by atoms with E-state index in [0.29, 0.717) is 17.1 Å². The molecular weight excluding hydrogens is 269 g/mol. The van der Waals surface area contributed by atoms with Crippen molar-refractivity contribution in [3.05, 3.63) is 29.0 Å². The Hall–Kier alpha value is -0.850. The van der Waals surface area contributed by atoms with Gasteiger partial charge in [0.05, 0.1) is 17.3 Å². The zero-order chi connectivity index (χ0) is 13.6. The molecule has 0 amide bonds. The standard InChI is InChI=1S/C11H14ClF3N2O/c12-9-2-3-10(16-6-9)7-17(4-1-5-18)8-11(13,14)15/h2-3,6,18H,1,4-5,7-8H2. The predicted molar refractivity (Wildman–Crippen MR) is 62.3 cm³/mol. The minimum Gasteiger partial charge on any atom is -0.396 e. The van der Waals surface area contributed by atoms with Crippen molar-refractivity contribution in [2.45, 2.75) is 19.1 Å². The third-order valence-corrected chi connectivity index (χ3v) is 2.43. The van der Waals surface area contributed by atoms with Crippen LogP contribution in [0.3, 0.4) is 0 Å². The lowest BCUT2D eigenvalue weighted by molar-refractivity contribution is -0.147. The first kappa shape index (κ1) is 15.2. The second-order valence-electron chi connectivity index (χ2n) is 3.87. The number of hydrogen-bond donors (Lipinski definition) is 1. The van der Waals surface area contributed by atoms with Crippen LogP contribution in [-0.4, -0.2) is 40.9 Å². The molecule has 1 aromatic rings. The highest BCUT2D eigenvalue weighted by molar-refractivity contribution is 6.30. The number of pyridine rings is 1. The average molecular weight is 283 g/mol. The van der Waals surface area contributed by atoms with E-state index in [-0.39, 0.29) is 19.7 Å². The molecule has 0 spiro atoms. The second-order valence-corrected chi connectivity index (χ2v) is 4.31. The van der Waals surface area contributed by atoms with Gasteiger partial charge in [-0.05, 0) is 18.6 Å². The van der Waals surface area contributed by atoms with Gasteiger partial charge in [0, 0.05) is 25.9 Å². The highest BCUT2D eigenvalue weighted by Gasteiger charge is 2.30. The SMILES string of the molecule is OCCCN(Cc1ccc(Cl)cn1)CC(F)(F)F. The van der Waals surface area contributed by atoms with E-state index in [0.717, 1.165) is 0 Å². The Balaban J connectivity index is 2.62. The molecule has 3 nitrogen and oxygen atoms in total. The largest absolute Gasteiger partial charge is 0.401 e. The molecule has 0 aliphatic heterocycles. The van der Waals surface area contributed by atoms with Crippen molar-refractivity contribution in [3.63, 3.8) is 0 Å². The number of rotatable bonds is 6. The minimum absolute atomic E-state index is 0.0800. The number of nitrogens with zero attached hydrogens (tertiary/aromatic N) is 2. The molecule has 0 radical (unpaired) electrons. The molecule has 0 saturated carbocycles. The van der Waals surface area contributed by atoms with E-state index in [2.05, 4.69) is 4.98 Å². The molecule has 1 heterocycles. The van der Waals surface area contributed by atoms with Crippen LogP contribution in [-0.2, 0) is 6.54 Å². The first-order valence-corrected chi connectivity index (χ1v) is 5.79. The second kappa shape index (κ2) is 6.92. The van der Waals surface area contributed by atoms with E-state index < -0.39 is 12.7 Å². The van der Waals surface area contributed by atoms with E-state index in [9.17, 15) is 13.2 Å². The normalized spacial score (nSPS) is 12.1. The van der Waals surface area contributed by atoms with Gasteiger partial charge in [-0.3, -0.25) is 9.88 Å². The van der Waals surface area contributed by atoms with Crippen molar-refractivity contribution in [2.75, 3.05) is 19.7 Å². The Kier molecular flexibility index (Phi) is 5.84. The van der Waals surface area contributed by atoms with E-state index >= 15 is 0 Å². The summed E-state index contributed by atoms with van der Waals surface area (Å²) in [4.78, 5) is 5.15. The van der Waals surface area contributed by atoms with E-state index in [1.165, 1.54) is 11.1 Å². The van der Waals surface area contributed by atoms with Crippen LogP contribution >= 0.6 is 11.6 Å². The van der Waals surface area contributed by atoms with Gasteiger partial charge in [-0.25, -0.2) is 0 Å². The minimum atomic E-state index is -4.26. The quantitative estimate of drug-likeness (QED) is 0.871. The summed E-state index contributed by atoms with van der Waals surface area (Å²) >= 11 is 5.65. The molecule has 7 heteroatoms. The van der Waals surface area contributed by atoms with Gasteiger partial charge in [0.15, 0.2) is 0 Å². The molecule has 1 rings (SSSR count). The van der Waals surface area contributed by atoms with Crippen LogP contribution in [0.25, 0.3) is 0 Å². The maximum absolute atomic E-state index is 12.4. The number of aliphatic hydroxyl groups excluding tert-OH is 1. The van der Waals surface area contributed by atoms with Crippen LogP contribution in [0.2, 0.25) is 5.02 Å². The fraction of sp³-hybridized carbons (Fsp3) is 0.545. The lowest BCUT2D eigenvalue weighted by Gasteiger charge is -2.22. The average Bonchev–Trinajstić information content (AvgIpc) is 2.27. The van der Waals surface area contributed by atoms with Gasteiger partial charge in [0.1, 0.15) is 0 Å². The van der Waals surface area contributed by atoms with Gasteiger partial charge in [0.25, 0.3) is 0 Å². The predicted octanol–water partition coefficient (Wildman–Crippen LogP) is 2.48. The first-order valence-electron chi connectivity index (χ1n) is 5.41. The zero-order valence-electron chi connectivity index (χ0n) is 9.62. The van der Waals surface area contributed by atoms with Crippen LogP contribution in [0, 0.1) is 0 Å². The van der Waals surface area contributed by atoms with Gasteiger partial charge in [-0.2, -0.15) is 13.2 Å². The summed E-state index contributed by atoms with van der Waals surface area (Å²) in [7, 11) is 0. The van der Waals surface area contributed by atoms with Crippen LogP contribution in [0.5, 0.6) is 0 Å². The van der Waals surface area contributed by atoms with Crippen molar-refractivity contribution in [3.8, 4) is 0 Å². The Bertz CT molecular complexity index is 356. The molecule has 0 aliphatic carbocycles. The topological polar surface area (TPSA) is 36.4 Å². The summed E-state index contributed by atoms with van der Waals surface area (Å²) < 4.78 is 37.1. The third kappa shape index (κ3) is 6.18. The number of halogens is 4. The number of alkyl halides is 3. The van der Waals surface area contributed by atoms with E-state index in [1.807, 2.05) is 0 Å². The van der Waals surface area contributed by atoms with Gasteiger partial charge in [-0.15, -0.1) is 0 Å². The molecule has 18 heavy (non-hydrogen) atoms. The lowest BCUT2D eigenvalue weighted by atomic mass is 10.3. The Morgan fingerprint density at radius 1 is 1.33 bits per heavy atom. The van der Waals surface area contributed by atoms with Crippen molar-refractivity contribution in [1.82, 2.24) is 9.88 Å². The summed E-state index contributed by atoms with van der Waals surface area (Å²) in [5, 5.41) is 9.12. The summed E-state index contributed by atoms with van der Waals surface area (Å²) in [5.74, 6) is 0. The van der Waals surface area contributed by atoms with Gasteiger partial charge < -0.3 is 5.11 Å². The van der Waals surface area contributed by atoms with Gasteiger partial charge in [-0.1, -0.05) is 11.6 Å². The zero-order valence-corrected chi connectivity index (χ0v) is 10.4. The van der Waals surface area contributed by atoms with E-state index in [1.54, 1.807) is 12.1 Å². The summed E-state index contributed by atoms with van der Waals surface area (Å²) in [5.41, 5.74) is 0.515. The Labute approximate surface area is 108 Å². The molecule has 0 bridgehead atoms. The smallest absolute Gasteiger partial charge is 0.396 e. The molecule has 102 valence electrons. The van der Waals surface area contributed by atoms with Crippen LogP contribution in [0.15, 0.2) is 18.3 Å². The summed E-state index contributed by atoms with van der Waals surface area (Å²) in [6.07, 6.45) is -2.57. The monoisotopic (exact) mass is 282 g/mol. The number of aliphatic hydroxyl groups is 1. The molecule has 0 unspecified atom stereocenters. The van der Waals surface area contributed by atoms with E-state index in [4.69, 9.17) is 16.7 Å².